The summed E-state index contributed by atoms with van der Waals surface area (Å²) in [5, 5.41) is 4.47. The van der Waals surface area contributed by atoms with Crippen molar-refractivity contribution in [3.05, 3.63) is 83.2 Å². The number of aryl methyl sites for hydroxylation is 1. The lowest BCUT2D eigenvalue weighted by atomic mass is 10.2. The van der Waals surface area contributed by atoms with Crippen LogP contribution in [0.3, 0.4) is 0 Å². The van der Waals surface area contributed by atoms with Gasteiger partial charge in [-0.25, -0.2) is 10.2 Å². The van der Waals surface area contributed by atoms with Crippen LogP contribution in [0.15, 0.2) is 60.7 Å². The molecule has 1 amide bonds. The normalized spacial score (nSPS) is 10.6. The molecule has 0 spiro atoms. The molecule has 5 heteroatoms. The molecule has 0 fully saturated rings. The van der Waals surface area contributed by atoms with Crippen LogP contribution in [0.5, 0.6) is 0 Å². The second-order valence-corrected chi connectivity index (χ2v) is 5.50. The first-order valence-corrected chi connectivity index (χ1v) is 7.74. The van der Waals surface area contributed by atoms with Crippen molar-refractivity contribution in [3.8, 4) is 5.69 Å². The van der Waals surface area contributed by atoms with Crippen molar-refractivity contribution in [1.29, 1.82) is 0 Å². The van der Waals surface area contributed by atoms with Gasteiger partial charge in [0.1, 0.15) is 0 Å². The maximum atomic E-state index is 12.4. The largest absolute Gasteiger partial charge is 0.278 e. The van der Waals surface area contributed by atoms with Crippen LogP contribution in [0.1, 0.15) is 27.3 Å². The molecule has 24 heavy (non-hydrogen) atoms. The second-order valence-electron chi connectivity index (χ2n) is 5.50. The highest BCUT2D eigenvalue weighted by Crippen LogP contribution is 2.17. The van der Waals surface area contributed by atoms with Crippen molar-refractivity contribution in [2.24, 2.45) is 0 Å². The Bertz CT molecular complexity index is 827. The van der Waals surface area contributed by atoms with E-state index in [1.807, 2.05) is 74.5 Å². The molecule has 1 heterocycles. The number of hydrogen-bond donors (Lipinski definition) is 1. The molecule has 0 bridgehead atoms. The average Bonchev–Trinajstić information content (AvgIpc) is 2.91. The maximum Gasteiger partial charge on any atom is 0.278 e. The fraction of sp³-hybridized carbons (Fsp3) is 0.158. The summed E-state index contributed by atoms with van der Waals surface area (Å²) in [6.07, 6.45) is 0. The van der Waals surface area contributed by atoms with Crippen molar-refractivity contribution in [1.82, 2.24) is 15.3 Å². The Balaban J connectivity index is 1.72. The van der Waals surface area contributed by atoms with Crippen molar-refractivity contribution >= 4 is 5.91 Å². The van der Waals surface area contributed by atoms with Crippen molar-refractivity contribution in [2.75, 3.05) is 0 Å². The van der Waals surface area contributed by atoms with Crippen LogP contribution in [0.4, 0.5) is 0 Å². The minimum Gasteiger partial charge on any atom is -0.269 e. The zero-order chi connectivity index (χ0) is 16.9. The fourth-order valence-corrected chi connectivity index (χ4v) is 2.60. The second kappa shape index (κ2) is 7.10. The van der Waals surface area contributed by atoms with Gasteiger partial charge in [0.25, 0.3) is 5.91 Å². The number of carbonyl (C=O) groups is 1. The monoisotopic (exact) mass is 321 g/mol. The van der Waals surface area contributed by atoms with Crippen LogP contribution in [0, 0.1) is 13.8 Å². The van der Waals surface area contributed by atoms with Gasteiger partial charge in [0.2, 0.25) is 0 Å². The van der Waals surface area contributed by atoms with E-state index in [1.54, 1.807) is 4.68 Å². The molecule has 0 saturated heterocycles. The predicted molar refractivity (Wildman–Crippen MR) is 91.7 cm³/mol. The summed E-state index contributed by atoms with van der Waals surface area (Å²) >= 11 is 0. The number of hydrogen-bond acceptors (Lipinski definition) is 3. The molecule has 0 aliphatic heterocycles. The van der Waals surface area contributed by atoms with E-state index in [-0.39, 0.29) is 5.91 Å². The molecule has 0 aliphatic carbocycles. The van der Waals surface area contributed by atoms with E-state index >= 15 is 0 Å². The van der Waals surface area contributed by atoms with E-state index < -0.39 is 0 Å². The Hall–Kier alpha value is -2.92. The van der Waals surface area contributed by atoms with E-state index in [0.717, 1.165) is 16.9 Å². The number of aromatic nitrogens is 2. The minimum absolute atomic E-state index is 0.289. The highest BCUT2D eigenvalue weighted by molar-refractivity contribution is 5.95. The van der Waals surface area contributed by atoms with Gasteiger partial charge in [-0.2, -0.15) is 5.10 Å². The molecule has 3 rings (SSSR count). The smallest absolute Gasteiger partial charge is 0.269 e. The van der Waals surface area contributed by atoms with Gasteiger partial charge in [-0.3, -0.25) is 9.63 Å². The summed E-state index contributed by atoms with van der Waals surface area (Å²) in [5.41, 5.74) is 6.39. The zero-order valence-corrected chi connectivity index (χ0v) is 13.7. The fourth-order valence-electron chi connectivity index (χ4n) is 2.60. The Morgan fingerprint density at radius 3 is 2.33 bits per heavy atom. The maximum absolute atomic E-state index is 12.4. The van der Waals surface area contributed by atoms with Gasteiger partial charge in [0.05, 0.1) is 29.2 Å². The van der Waals surface area contributed by atoms with Gasteiger partial charge in [0, 0.05) is 0 Å². The third-order valence-electron chi connectivity index (χ3n) is 3.77. The number of nitrogens with one attached hydrogen (secondary N) is 1. The molecule has 1 aromatic heterocycles. The quantitative estimate of drug-likeness (QED) is 0.733. The summed E-state index contributed by atoms with van der Waals surface area (Å²) in [6.45, 7) is 4.01. The van der Waals surface area contributed by atoms with Crippen molar-refractivity contribution in [3.63, 3.8) is 0 Å². The number of benzene rings is 2. The first-order chi connectivity index (χ1) is 11.7. The van der Waals surface area contributed by atoms with E-state index in [2.05, 4.69) is 10.6 Å². The lowest BCUT2D eigenvalue weighted by Crippen LogP contribution is -2.24. The number of para-hydroxylation sites is 1. The molecule has 0 radical (unpaired) electrons. The Morgan fingerprint density at radius 2 is 1.67 bits per heavy atom. The summed E-state index contributed by atoms with van der Waals surface area (Å²) in [4.78, 5) is 17.8. The predicted octanol–water partition coefficient (Wildman–Crippen LogP) is 3.35. The number of amides is 1. The van der Waals surface area contributed by atoms with Gasteiger partial charge < -0.3 is 0 Å². The highest BCUT2D eigenvalue weighted by Gasteiger charge is 2.19. The standard InChI is InChI=1S/C19H19N3O2/c1-14-18(15(2)22(20-14)17-11-7-4-8-12-17)19(23)21-24-13-16-9-5-3-6-10-16/h3-12H,13H2,1-2H3,(H,21,23). The molecule has 122 valence electrons. The zero-order valence-electron chi connectivity index (χ0n) is 13.7. The summed E-state index contributed by atoms with van der Waals surface area (Å²) in [5.74, 6) is -0.289. The third kappa shape index (κ3) is 3.36. The van der Waals surface area contributed by atoms with Crippen LogP contribution in [0.2, 0.25) is 0 Å². The van der Waals surface area contributed by atoms with Crippen LogP contribution in [-0.4, -0.2) is 15.7 Å². The van der Waals surface area contributed by atoms with Gasteiger partial charge in [-0.05, 0) is 31.5 Å². The van der Waals surface area contributed by atoms with Crippen LogP contribution >= 0.6 is 0 Å². The van der Waals surface area contributed by atoms with Crippen molar-refractivity contribution in [2.45, 2.75) is 20.5 Å². The number of carbonyl (C=O) groups excluding carboxylic acids is 1. The van der Waals surface area contributed by atoms with Gasteiger partial charge in [-0.1, -0.05) is 48.5 Å². The molecular formula is C19H19N3O2. The van der Waals surface area contributed by atoms with E-state index in [1.165, 1.54) is 0 Å². The number of hydroxylamine groups is 1. The lowest BCUT2D eigenvalue weighted by Gasteiger charge is -2.07. The molecule has 2 aromatic carbocycles. The molecular weight excluding hydrogens is 302 g/mol. The Kier molecular flexibility index (Phi) is 4.72. The van der Waals surface area contributed by atoms with Gasteiger partial charge in [-0.15, -0.1) is 0 Å². The molecule has 5 nitrogen and oxygen atoms in total. The first kappa shape index (κ1) is 16.0. The van der Waals surface area contributed by atoms with E-state index in [0.29, 0.717) is 17.9 Å². The summed E-state index contributed by atoms with van der Waals surface area (Å²) < 4.78 is 1.77. The summed E-state index contributed by atoms with van der Waals surface area (Å²) in [6, 6.07) is 19.4. The minimum atomic E-state index is -0.289. The molecule has 0 aliphatic rings. The highest BCUT2D eigenvalue weighted by atomic mass is 16.6. The van der Waals surface area contributed by atoms with E-state index in [4.69, 9.17) is 4.84 Å². The molecule has 1 N–H and O–H groups in total. The van der Waals surface area contributed by atoms with Crippen LogP contribution in [-0.2, 0) is 11.4 Å². The lowest BCUT2D eigenvalue weighted by molar-refractivity contribution is 0.0232. The summed E-state index contributed by atoms with van der Waals surface area (Å²) in [7, 11) is 0. The number of nitrogens with zero attached hydrogens (tertiary/aromatic N) is 2. The average molecular weight is 321 g/mol. The van der Waals surface area contributed by atoms with Crippen molar-refractivity contribution < 1.29 is 9.63 Å². The van der Waals surface area contributed by atoms with Gasteiger partial charge >= 0.3 is 0 Å². The third-order valence-corrected chi connectivity index (χ3v) is 3.77. The van der Waals surface area contributed by atoms with Crippen LogP contribution in [0.25, 0.3) is 5.69 Å². The molecule has 0 unspecified atom stereocenters. The Morgan fingerprint density at radius 1 is 1.04 bits per heavy atom. The topological polar surface area (TPSA) is 56.2 Å². The van der Waals surface area contributed by atoms with Crippen LogP contribution < -0.4 is 5.48 Å². The molecule has 0 saturated carbocycles. The first-order valence-electron chi connectivity index (χ1n) is 7.74. The SMILES string of the molecule is Cc1nn(-c2ccccc2)c(C)c1C(=O)NOCc1ccccc1. The Labute approximate surface area is 140 Å². The van der Waals surface area contributed by atoms with E-state index in [9.17, 15) is 4.79 Å². The number of rotatable bonds is 5. The molecule has 3 aromatic rings. The van der Waals surface area contributed by atoms with Gasteiger partial charge in [0.15, 0.2) is 0 Å². The molecule has 0 atom stereocenters.